The van der Waals surface area contributed by atoms with Gasteiger partial charge in [-0.2, -0.15) is 5.10 Å². The van der Waals surface area contributed by atoms with Crippen molar-refractivity contribution >= 4 is 5.78 Å². The van der Waals surface area contributed by atoms with Crippen LogP contribution < -0.4 is 0 Å². The van der Waals surface area contributed by atoms with Crippen molar-refractivity contribution in [2.24, 2.45) is 5.92 Å². The predicted molar refractivity (Wildman–Crippen MR) is 83.5 cm³/mol. The molecule has 2 rings (SSSR count). The summed E-state index contributed by atoms with van der Waals surface area (Å²) in [7, 11) is 0. The first-order valence-corrected chi connectivity index (χ1v) is 7.36. The molecule has 1 heterocycles. The molecule has 0 atom stereocenters. The van der Waals surface area contributed by atoms with Crippen LogP contribution >= 0.6 is 0 Å². The number of aromatic nitrogens is 3. The van der Waals surface area contributed by atoms with E-state index in [1.807, 2.05) is 25.5 Å². The third kappa shape index (κ3) is 3.57. The van der Waals surface area contributed by atoms with Crippen molar-refractivity contribution in [3.05, 3.63) is 46.5 Å². The van der Waals surface area contributed by atoms with E-state index in [-0.39, 0.29) is 5.78 Å². The number of benzene rings is 1. The molecule has 1 aromatic heterocycles. The molecule has 2 aromatic rings. The molecule has 0 aliphatic rings. The van der Waals surface area contributed by atoms with Gasteiger partial charge in [0.2, 0.25) is 0 Å². The van der Waals surface area contributed by atoms with Gasteiger partial charge >= 0.3 is 0 Å². The van der Waals surface area contributed by atoms with E-state index in [0.717, 1.165) is 29.1 Å². The lowest BCUT2D eigenvalue weighted by molar-refractivity contribution is 0.0988. The summed E-state index contributed by atoms with van der Waals surface area (Å²) in [6.07, 6.45) is 1.83. The van der Waals surface area contributed by atoms with Crippen molar-refractivity contribution in [1.82, 2.24) is 14.8 Å². The Labute approximate surface area is 126 Å². The summed E-state index contributed by atoms with van der Waals surface area (Å²) in [6, 6.07) is 4.11. The first kappa shape index (κ1) is 15.4. The summed E-state index contributed by atoms with van der Waals surface area (Å²) in [6.45, 7) is 11.1. The molecule has 0 amide bonds. The van der Waals surface area contributed by atoms with Crippen LogP contribution in [0, 0.1) is 26.7 Å². The first-order valence-electron chi connectivity index (χ1n) is 7.36. The minimum atomic E-state index is 0.114. The van der Waals surface area contributed by atoms with E-state index >= 15 is 0 Å². The van der Waals surface area contributed by atoms with Crippen LogP contribution in [0.1, 0.15) is 46.7 Å². The van der Waals surface area contributed by atoms with Gasteiger partial charge < -0.3 is 0 Å². The normalized spacial score (nSPS) is 11.1. The Balaban J connectivity index is 2.25. The van der Waals surface area contributed by atoms with Gasteiger partial charge in [-0.1, -0.05) is 31.5 Å². The second kappa shape index (κ2) is 6.20. The quantitative estimate of drug-likeness (QED) is 0.792. The largest absolute Gasteiger partial charge is 0.294 e. The van der Waals surface area contributed by atoms with Gasteiger partial charge in [0, 0.05) is 12.1 Å². The summed E-state index contributed by atoms with van der Waals surface area (Å²) in [5.41, 5.74) is 4.07. The Hall–Kier alpha value is -1.97. The van der Waals surface area contributed by atoms with Crippen LogP contribution in [0.3, 0.4) is 0 Å². The number of Topliss-reactive ketones (excluding diaryl/α,β-unsaturated/α-hetero) is 1. The minimum absolute atomic E-state index is 0.114. The van der Waals surface area contributed by atoms with Crippen molar-refractivity contribution < 1.29 is 4.79 Å². The van der Waals surface area contributed by atoms with Gasteiger partial charge in [0.15, 0.2) is 5.78 Å². The number of aryl methyl sites for hydroxylation is 3. The fourth-order valence-corrected chi connectivity index (χ4v) is 2.78. The average molecular weight is 285 g/mol. The van der Waals surface area contributed by atoms with Gasteiger partial charge in [0.1, 0.15) is 12.2 Å². The highest BCUT2D eigenvalue weighted by Crippen LogP contribution is 2.18. The predicted octanol–water partition coefficient (Wildman–Crippen LogP) is 3.28. The van der Waals surface area contributed by atoms with E-state index < -0.39 is 0 Å². The molecule has 1 aromatic carbocycles. The molecular formula is C17H23N3O. The molecule has 0 aliphatic carbocycles. The van der Waals surface area contributed by atoms with Gasteiger partial charge in [0.25, 0.3) is 0 Å². The monoisotopic (exact) mass is 285 g/mol. The van der Waals surface area contributed by atoms with Crippen LogP contribution in [-0.4, -0.2) is 20.5 Å². The van der Waals surface area contributed by atoms with Gasteiger partial charge in [-0.15, -0.1) is 0 Å². The molecule has 0 bridgehead atoms. The summed E-state index contributed by atoms with van der Waals surface area (Å²) in [4.78, 5) is 16.9. The number of carbonyl (C=O) groups is 1. The molecule has 0 saturated carbocycles. The van der Waals surface area contributed by atoms with Gasteiger partial charge in [-0.25, -0.2) is 9.67 Å². The van der Waals surface area contributed by atoms with Crippen molar-refractivity contribution in [1.29, 1.82) is 0 Å². The molecule has 0 unspecified atom stereocenters. The molecule has 0 spiro atoms. The number of ketones is 1. The second-order valence-corrected chi connectivity index (χ2v) is 6.13. The van der Waals surface area contributed by atoms with Gasteiger partial charge in [-0.3, -0.25) is 4.79 Å². The molecule has 0 radical (unpaired) electrons. The SMILES string of the molecule is Cc1cc(C)c(C(=O)Cc2ncnn2CC(C)C)c(C)c1. The van der Waals surface area contributed by atoms with Crippen molar-refractivity contribution in [2.75, 3.05) is 0 Å². The maximum atomic E-state index is 12.6. The van der Waals surface area contributed by atoms with Crippen molar-refractivity contribution in [3.8, 4) is 0 Å². The average Bonchev–Trinajstić information content (AvgIpc) is 2.74. The highest BCUT2D eigenvalue weighted by molar-refractivity contribution is 5.99. The van der Waals surface area contributed by atoms with E-state index in [9.17, 15) is 4.79 Å². The zero-order valence-electron chi connectivity index (χ0n) is 13.5. The Morgan fingerprint density at radius 2 is 1.81 bits per heavy atom. The molecule has 4 nitrogen and oxygen atoms in total. The number of hydrogen-bond donors (Lipinski definition) is 0. The summed E-state index contributed by atoms with van der Waals surface area (Å²) in [5.74, 6) is 1.33. The number of rotatable bonds is 5. The Morgan fingerprint density at radius 3 is 2.38 bits per heavy atom. The molecule has 0 aliphatic heterocycles. The van der Waals surface area contributed by atoms with Crippen LogP contribution in [0.25, 0.3) is 0 Å². The lowest BCUT2D eigenvalue weighted by atomic mass is 9.95. The molecule has 0 saturated heterocycles. The molecule has 0 fully saturated rings. The number of carbonyl (C=O) groups excluding carboxylic acids is 1. The van der Waals surface area contributed by atoms with Gasteiger partial charge in [-0.05, 0) is 37.8 Å². The van der Waals surface area contributed by atoms with Crippen LogP contribution in [0.2, 0.25) is 0 Å². The molecule has 4 heteroatoms. The third-order valence-corrected chi connectivity index (χ3v) is 3.51. The van der Waals surface area contributed by atoms with E-state index in [2.05, 4.69) is 36.1 Å². The number of nitrogens with zero attached hydrogens (tertiary/aromatic N) is 3. The Bertz CT molecular complexity index is 633. The fourth-order valence-electron chi connectivity index (χ4n) is 2.78. The standard InChI is InChI=1S/C17H23N3O/c1-11(2)9-20-16(18-10-19-20)8-15(21)17-13(4)6-12(3)7-14(17)5/h6-7,10-11H,8-9H2,1-5H3. The molecular weight excluding hydrogens is 262 g/mol. The zero-order chi connectivity index (χ0) is 15.6. The lowest BCUT2D eigenvalue weighted by Crippen LogP contribution is -2.15. The molecule has 21 heavy (non-hydrogen) atoms. The topological polar surface area (TPSA) is 47.8 Å². The van der Waals surface area contributed by atoms with Crippen LogP contribution in [-0.2, 0) is 13.0 Å². The zero-order valence-corrected chi connectivity index (χ0v) is 13.5. The summed E-state index contributed by atoms with van der Waals surface area (Å²) >= 11 is 0. The summed E-state index contributed by atoms with van der Waals surface area (Å²) in [5, 5.41) is 4.22. The highest BCUT2D eigenvalue weighted by Gasteiger charge is 2.17. The van der Waals surface area contributed by atoms with Crippen molar-refractivity contribution in [3.63, 3.8) is 0 Å². The van der Waals surface area contributed by atoms with Crippen LogP contribution in [0.4, 0.5) is 0 Å². The van der Waals surface area contributed by atoms with E-state index in [1.165, 1.54) is 11.9 Å². The minimum Gasteiger partial charge on any atom is -0.294 e. The maximum absolute atomic E-state index is 12.6. The Morgan fingerprint density at radius 1 is 1.19 bits per heavy atom. The maximum Gasteiger partial charge on any atom is 0.170 e. The first-order chi connectivity index (χ1) is 9.88. The number of hydrogen-bond acceptors (Lipinski definition) is 3. The fraction of sp³-hybridized carbons (Fsp3) is 0.471. The smallest absolute Gasteiger partial charge is 0.170 e. The summed E-state index contributed by atoms with van der Waals surface area (Å²) < 4.78 is 1.83. The van der Waals surface area contributed by atoms with E-state index in [0.29, 0.717) is 12.3 Å². The van der Waals surface area contributed by atoms with Crippen molar-refractivity contribution in [2.45, 2.75) is 47.6 Å². The van der Waals surface area contributed by atoms with E-state index in [1.54, 1.807) is 0 Å². The molecule has 0 N–H and O–H groups in total. The van der Waals surface area contributed by atoms with E-state index in [4.69, 9.17) is 0 Å². The van der Waals surface area contributed by atoms with Gasteiger partial charge in [0.05, 0.1) is 6.42 Å². The second-order valence-electron chi connectivity index (χ2n) is 6.13. The molecule has 112 valence electrons. The van der Waals surface area contributed by atoms with Crippen LogP contribution in [0.15, 0.2) is 18.5 Å². The Kier molecular flexibility index (Phi) is 4.56. The highest BCUT2D eigenvalue weighted by atomic mass is 16.1. The third-order valence-electron chi connectivity index (χ3n) is 3.51. The lowest BCUT2D eigenvalue weighted by Gasteiger charge is -2.11. The van der Waals surface area contributed by atoms with Crippen LogP contribution in [0.5, 0.6) is 0 Å².